The molecule has 3 fully saturated rings. The molecule has 3 saturated carbocycles. The summed E-state index contributed by atoms with van der Waals surface area (Å²) < 4.78 is 10.9. The van der Waals surface area contributed by atoms with Gasteiger partial charge in [0.1, 0.15) is 12.7 Å². The van der Waals surface area contributed by atoms with Gasteiger partial charge in [0, 0.05) is 6.42 Å². The first-order valence-corrected chi connectivity index (χ1v) is 14.7. The zero-order valence-corrected chi connectivity index (χ0v) is 23.5. The van der Waals surface area contributed by atoms with E-state index in [1.807, 2.05) is 6.92 Å². The summed E-state index contributed by atoms with van der Waals surface area (Å²) in [6, 6.07) is 0. The zero-order valence-electron chi connectivity index (χ0n) is 23.5. The van der Waals surface area contributed by atoms with Crippen molar-refractivity contribution in [3.63, 3.8) is 0 Å². The molecule has 0 aromatic rings. The molecule has 0 N–H and O–H groups in total. The normalized spacial score (nSPS) is 39.2. The molecule has 4 unspecified atom stereocenters. The average molecular weight is 485 g/mol. The highest BCUT2D eigenvalue weighted by atomic mass is 16.7. The fraction of sp³-hybridized carbons (Fsp3) is 0.844. The molecule has 35 heavy (non-hydrogen) atoms. The van der Waals surface area contributed by atoms with Crippen LogP contribution in [0, 0.1) is 46.3 Å². The molecule has 3 nitrogen and oxygen atoms in total. The lowest BCUT2D eigenvalue weighted by molar-refractivity contribution is -0.0613. The van der Waals surface area contributed by atoms with Gasteiger partial charge >= 0.3 is 6.16 Å². The number of carbonyl (C=O) groups excluding carboxylic acids is 1. The highest BCUT2D eigenvalue weighted by Gasteiger charge is 2.59. The Hall–Kier alpha value is -1.25. The molecule has 0 bridgehead atoms. The largest absolute Gasteiger partial charge is 0.508 e. The van der Waals surface area contributed by atoms with Crippen LogP contribution in [-0.4, -0.2) is 18.9 Å². The molecule has 0 heterocycles. The van der Waals surface area contributed by atoms with Crippen LogP contribution in [0.3, 0.4) is 0 Å². The molecule has 0 aromatic carbocycles. The Kier molecular flexibility index (Phi) is 8.13. The standard InChI is InChI=1S/C32H52O3/c1-21(2)9-8-10-23(5)27-13-14-28-26-12-11-24-19-25(35-30(33)34-20-22(3)4)15-17-31(24,6)29(26)16-18-32(27,28)7/h11,21,23,25-29H,3,8-10,12-20H2,1-2,4-7H3/t23-,25?,26?,27-,28?,29?,31+,32-/m1/s1. The van der Waals surface area contributed by atoms with Gasteiger partial charge in [0.15, 0.2) is 0 Å². The van der Waals surface area contributed by atoms with Crippen molar-refractivity contribution in [1.82, 2.24) is 0 Å². The number of ether oxygens (including phenoxy) is 2. The van der Waals surface area contributed by atoms with Crippen LogP contribution in [0.1, 0.15) is 112 Å². The van der Waals surface area contributed by atoms with Gasteiger partial charge in [0.2, 0.25) is 0 Å². The lowest BCUT2D eigenvalue weighted by atomic mass is 9.47. The second kappa shape index (κ2) is 10.6. The predicted molar refractivity (Wildman–Crippen MR) is 144 cm³/mol. The van der Waals surface area contributed by atoms with Crippen molar-refractivity contribution in [2.75, 3.05) is 6.61 Å². The smallest absolute Gasteiger partial charge is 0.431 e. The van der Waals surface area contributed by atoms with Crippen molar-refractivity contribution >= 4 is 6.16 Å². The quantitative estimate of drug-likeness (QED) is 0.254. The molecular formula is C32H52O3. The molecule has 0 aromatic heterocycles. The summed E-state index contributed by atoms with van der Waals surface area (Å²) in [6.07, 6.45) is 16.1. The molecule has 4 rings (SSSR count). The SMILES string of the molecule is C=C(C)COC(=O)OC1CC[C@@]2(C)C(=CCC3C2CC[C@@]2(C)C3CC[C@@H]2[C@H](C)CCCC(C)C)C1. The number of hydrogen-bond donors (Lipinski definition) is 0. The van der Waals surface area contributed by atoms with E-state index >= 15 is 0 Å². The van der Waals surface area contributed by atoms with E-state index in [9.17, 15) is 4.79 Å². The first-order chi connectivity index (χ1) is 16.5. The summed E-state index contributed by atoms with van der Waals surface area (Å²) in [5, 5.41) is 0. The fourth-order valence-electron chi connectivity index (χ4n) is 9.10. The highest BCUT2D eigenvalue weighted by molar-refractivity contribution is 5.60. The molecule has 4 aliphatic rings. The van der Waals surface area contributed by atoms with Crippen molar-refractivity contribution in [2.45, 2.75) is 118 Å². The third kappa shape index (κ3) is 5.40. The number of allylic oxidation sites excluding steroid dienone is 1. The molecular weight excluding hydrogens is 432 g/mol. The van der Waals surface area contributed by atoms with E-state index in [0.717, 1.165) is 60.3 Å². The maximum atomic E-state index is 12.1. The van der Waals surface area contributed by atoms with Gasteiger partial charge in [0.05, 0.1) is 0 Å². The van der Waals surface area contributed by atoms with Gasteiger partial charge in [-0.05, 0) is 104 Å². The molecule has 4 aliphatic carbocycles. The predicted octanol–water partition coefficient (Wildman–Crippen LogP) is 9.13. The van der Waals surface area contributed by atoms with E-state index in [2.05, 4.69) is 47.3 Å². The molecule has 198 valence electrons. The molecule has 0 spiro atoms. The van der Waals surface area contributed by atoms with Gasteiger partial charge in [-0.25, -0.2) is 4.79 Å². The van der Waals surface area contributed by atoms with Gasteiger partial charge in [0.25, 0.3) is 0 Å². The van der Waals surface area contributed by atoms with Crippen LogP contribution in [0.25, 0.3) is 0 Å². The third-order valence-corrected chi connectivity index (χ3v) is 11.0. The monoisotopic (exact) mass is 484 g/mol. The van der Waals surface area contributed by atoms with Gasteiger partial charge in [-0.15, -0.1) is 0 Å². The minimum Gasteiger partial charge on any atom is -0.431 e. The van der Waals surface area contributed by atoms with Crippen molar-refractivity contribution < 1.29 is 14.3 Å². The molecule has 3 heteroatoms. The Bertz CT molecular complexity index is 812. The maximum absolute atomic E-state index is 12.1. The van der Waals surface area contributed by atoms with Crippen LogP contribution in [-0.2, 0) is 9.47 Å². The van der Waals surface area contributed by atoms with Crippen LogP contribution >= 0.6 is 0 Å². The lowest BCUT2D eigenvalue weighted by Gasteiger charge is -2.58. The molecule has 0 radical (unpaired) electrons. The lowest BCUT2D eigenvalue weighted by Crippen LogP contribution is -2.51. The van der Waals surface area contributed by atoms with Crippen molar-refractivity contribution in [3.8, 4) is 0 Å². The second-order valence-corrected chi connectivity index (χ2v) is 13.8. The summed E-state index contributed by atoms with van der Waals surface area (Å²) in [6.45, 7) is 18.4. The van der Waals surface area contributed by atoms with Crippen LogP contribution in [0.4, 0.5) is 4.79 Å². The van der Waals surface area contributed by atoms with Crippen LogP contribution < -0.4 is 0 Å². The third-order valence-electron chi connectivity index (χ3n) is 11.0. The van der Waals surface area contributed by atoms with E-state index in [4.69, 9.17) is 9.47 Å². The van der Waals surface area contributed by atoms with Gasteiger partial charge in [-0.2, -0.15) is 0 Å². The van der Waals surface area contributed by atoms with Crippen molar-refractivity contribution in [2.24, 2.45) is 46.3 Å². The van der Waals surface area contributed by atoms with E-state index in [1.165, 1.54) is 51.4 Å². The Morgan fingerprint density at radius 3 is 2.57 bits per heavy atom. The fourth-order valence-corrected chi connectivity index (χ4v) is 9.10. The average Bonchev–Trinajstić information content (AvgIpc) is 3.15. The van der Waals surface area contributed by atoms with Crippen LogP contribution in [0.15, 0.2) is 23.8 Å². The summed E-state index contributed by atoms with van der Waals surface area (Å²) in [7, 11) is 0. The van der Waals surface area contributed by atoms with E-state index in [0.29, 0.717) is 5.41 Å². The Balaban J connectivity index is 1.40. The first-order valence-electron chi connectivity index (χ1n) is 14.7. The summed E-state index contributed by atoms with van der Waals surface area (Å²) in [5.41, 5.74) is 3.21. The van der Waals surface area contributed by atoms with E-state index in [-0.39, 0.29) is 18.1 Å². The number of fused-ring (bicyclic) bond motifs is 5. The van der Waals surface area contributed by atoms with Crippen molar-refractivity contribution in [1.29, 1.82) is 0 Å². The topological polar surface area (TPSA) is 35.5 Å². The minimum atomic E-state index is -0.538. The molecule has 0 amide bonds. The van der Waals surface area contributed by atoms with Crippen LogP contribution in [0.2, 0.25) is 0 Å². The van der Waals surface area contributed by atoms with E-state index < -0.39 is 6.16 Å². The van der Waals surface area contributed by atoms with E-state index in [1.54, 1.807) is 5.57 Å². The Morgan fingerprint density at radius 1 is 1.09 bits per heavy atom. The summed E-state index contributed by atoms with van der Waals surface area (Å²) >= 11 is 0. The van der Waals surface area contributed by atoms with Gasteiger partial charge < -0.3 is 9.47 Å². The molecule has 0 saturated heterocycles. The summed E-state index contributed by atoms with van der Waals surface area (Å²) in [4.78, 5) is 12.1. The van der Waals surface area contributed by atoms with Crippen LogP contribution in [0.5, 0.6) is 0 Å². The van der Waals surface area contributed by atoms with Gasteiger partial charge in [-0.1, -0.05) is 72.1 Å². The Labute approximate surface area is 215 Å². The van der Waals surface area contributed by atoms with Gasteiger partial charge in [-0.3, -0.25) is 0 Å². The highest BCUT2D eigenvalue weighted by Crippen LogP contribution is 2.67. The maximum Gasteiger partial charge on any atom is 0.508 e. The molecule has 8 atom stereocenters. The zero-order chi connectivity index (χ0) is 25.4. The minimum absolute atomic E-state index is 0.0418. The number of hydrogen-bond acceptors (Lipinski definition) is 3. The van der Waals surface area contributed by atoms with Crippen molar-refractivity contribution in [3.05, 3.63) is 23.8 Å². The summed E-state index contributed by atoms with van der Waals surface area (Å²) in [5.74, 6) is 5.13. The molecule has 0 aliphatic heterocycles. The number of carbonyl (C=O) groups is 1. The Morgan fingerprint density at radius 2 is 1.86 bits per heavy atom. The first kappa shape index (κ1) is 26.8. The number of rotatable bonds is 8. The second-order valence-electron chi connectivity index (χ2n) is 13.8.